The van der Waals surface area contributed by atoms with Gasteiger partial charge in [0.05, 0.1) is 0 Å². The highest BCUT2D eigenvalue weighted by Gasteiger charge is 2.27. The molecule has 1 atom stereocenters. The molecule has 0 aromatic heterocycles. The molecule has 0 radical (unpaired) electrons. The maximum absolute atomic E-state index is 13.5. The first kappa shape index (κ1) is 13.1. The van der Waals surface area contributed by atoms with E-state index < -0.39 is 11.6 Å². The van der Waals surface area contributed by atoms with Crippen molar-refractivity contribution >= 4 is 0 Å². The van der Waals surface area contributed by atoms with E-state index in [4.69, 9.17) is 0 Å². The highest BCUT2D eigenvalue weighted by Crippen LogP contribution is 2.35. The summed E-state index contributed by atoms with van der Waals surface area (Å²) in [5.74, 6) is -0.917. The Balaban J connectivity index is 3.29. The Labute approximate surface area is 96.7 Å². The van der Waals surface area contributed by atoms with Crippen molar-refractivity contribution in [1.29, 1.82) is 0 Å². The summed E-state index contributed by atoms with van der Waals surface area (Å²) < 4.78 is 26.8. The van der Waals surface area contributed by atoms with E-state index in [-0.39, 0.29) is 5.41 Å². The highest BCUT2D eigenvalue weighted by molar-refractivity contribution is 5.34. The summed E-state index contributed by atoms with van der Waals surface area (Å²) in [6.45, 7) is 7.97. The maximum Gasteiger partial charge on any atom is 0.129 e. The van der Waals surface area contributed by atoms with Gasteiger partial charge in [0.2, 0.25) is 0 Å². The normalized spacial score (nSPS) is 14.9. The van der Waals surface area contributed by atoms with E-state index in [1.165, 1.54) is 6.07 Å². The molecular formula is C14H20F2. The van der Waals surface area contributed by atoms with E-state index in [1.807, 2.05) is 0 Å². The summed E-state index contributed by atoms with van der Waals surface area (Å²) in [6.07, 6.45) is 2.86. The summed E-state index contributed by atoms with van der Waals surface area (Å²) >= 11 is 0. The molecule has 0 amide bonds. The molecule has 16 heavy (non-hydrogen) atoms. The zero-order valence-electron chi connectivity index (χ0n) is 10.5. The average molecular weight is 226 g/mol. The Morgan fingerprint density at radius 1 is 1.19 bits per heavy atom. The Morgan fingerprint density at radius 3 is 2.31 bits per heavy atom. The maximum atomic E-state index is 13.5. The molecule has 1 aromatic rings. The molecule has 0 saturated heterocycles. The number of benzene rings is 1. The molecule has 0 fully saturated rings. The lowest BCUT2D eigenvalue weighted by Gasteiger charge is -2.30. The fourth-order valence-corrected chi connectivity index (χ4v) is 2.33. The molecule has 1 unspecified atom stereocenters. The Kier molecular flexibility index (Phi) is 4.06. The van der Waals surface area contributed by atoms with E-state index in [0.29, 0.717) is 5.56 Å². The minimum atomic E-state index is -0.478. The van der Waals surface area contributed by atoms with Crippen molar-refractivity contribution in [3.05, 3.63) is 34.9 Å². The first-order valence-corrected chi connectivity index (χ1v) is 5.90. The van der Waals surface area contributed by atoms with Gasteiger partial charge in [0.1, 0.15) is 11.6 Å². The van der Waals surface area contributed by atoms with Crippen LogP contribution in [0.1, 0.15) is 51.2 Å². The van der Waals surface area contributed by atoms with Gasteiger partial charge in [-0.1, -0.05) is 27.2 Å². The zero-order valence-corrected chi connectivity index (χ0v) is 10.5. The molecule has 0 N–H and O–H groups in total. The lowest BCUT2D eigenvalue weighted by molar-refractivity contribution is 0.405. The van der Waals surface area contributed by atoms with Gasteiger partial charge in [0, 0.05) is 6.07 Å². The second kappa shape index (κ2) is 4.94. The Morgan fingerprint density at radius 2 is 1.81 bits per heavy atom. The minimum absolute atomic E-state index is 0.123. The topological polar surface area (TPSA) is 0 Å². The van der Waals surface area contributed by atoms with Crippen molar-refractivity contribution in [1.82, 2.24) is 0 Å². The average Bonchev–Trinajstić information content (AvgIpc) is 2.23. The van der Waals surface area contributed by atoms with Crippen LogP contribution in [-0.2, 0) is 5.41 Å². The third-order valence-corrected chi connectivity index (χ3v) is 3.54. The summed E-state index contributed by atoms with van der Waals surface area (Å²) in [6, 6.07) is 2.44. The van der Waals surface area contributed by atoms with Crippen LogP contribution in [-0.4, -0.2) is 0 Å². The van der Waals surface area contributed by atoms with Crippen LogP contribution >= 0.6 is 0 Å². The van der Waals surface area contributed by atoms with Crippen LogP contribution in [0.3, 0.4) is 0 Å². The quantitative estimate of drug-likeness (QED) is 0.695. The van der Waals surface area contributed by atoms with Gasteiger partial charge >= 0.3 is 0 Å². The van der Waals surface area contributed by atoms with Gasteiger partial charge in [-0.25, -0.2) is 8.78 Å². The van der Waals surface area contributed by atoms with Crippen LogP contribution in [0.25, 0.3) is 0 Å². The van der Waals surface area contributed by atoms with Crippen LogP contribution in [0.4, 0.5) is 8.78 Å². The lowest BCUT2D eigenvalue weighted by Crippen LogP contribution is -2.22. The van der Waals surface area contributed by atoms with Crippen molar-refractivity contribution in [2.24, 2.45) is 0 Å². The molecule has 0 aliphatic carbocycles. The number of rotatable bonds is 4. The fourth-order valence-electron chi connectivity index (χ4n) is 2.33. The van der Waals surface area contributed by atoms with Crippen LogP contribution < -0.4 is 0 Å². The Hall–Kier alpha value is -0.920. The molecule has 0 nitrogen and oxygen atoms in total. The van der Waals surface area contributed by atoms with Crippen LogP contribution in [0.2, 0.25) is 0 Å². The fraction of sp³-hybridized carbons (Fsp3) is 0.571. The van der Waals surface area contributed by atoms with Crippen LogP contribution in [0, 0.1) is 18.6 Å². The van der Waals surface area contributed by atoms with E-state index in [0.717, 1.165) is 30.9 Å². The minimum Gasteiger partial charge on any atom is -0.207 e. The summed E-state index contributed by atoms with van der Waals surface area (Å²) in [7, 11) is 0. The van der Waals surface area contributed by atoms with Gasteiger partial charge in [-0.05, 0) is 42.4 Å². The second-order valence-corrected chi connectivity index (χ2v) is 4.72. The molecule has 0 heterocycles. The number of hydrogen-bond donors (Lipinski definition) is 0. The van der Waals surface area contributed by atoms with Gasteiger partial charge in [-0.2, -0.15) is 0 Å². The van der Waals surface area contributed by atoms with E-state index >= 15 is 0 Å². The number of halogens is 2. The van der Waals surface area contributed by atoms with E-state index in [1.54, 1.807) is 6.92 Å². The van der Waals surface area contributed by atoms with Crippen molar-refractivity contribution in [2.45, 2.75) is 52.4 Å². The molecule has 0 spiro atoms. The molecule has 0 saturated carbocycles. The van der Waals surface area contributed by atoms with Gasteiger partial charge in [-0.15, -0.1) is 0 Å². The first-order valence-electron chi connectivity index (χ1n) is 5.90. The summed E-state index contributed by atoms with van der Waals surface area (Å²) in [5, 5.41) is 0. The van der Waals surface area contributed by atoms with Gasteiger partial charge in [0.25, 0.3) is 0 Å². The molecule has 1 rings (SSSR count). The SMILES string of the molecule is CCCC(C)(CC)c1cc(F)cc(F)c1C. The molecule has 0 bridgehead atoms. The van der Waals surface area contributed by atoms with Gasteiger partial charge < -0.3 is 0 Å². The summed E-state index contributed by atoms with van der Waals surface area (Å²) in [5.41, 5.74) is 1.27. The third kappa shape index (κ3) is 2.42. The van der Waals surface area contributed by atoms with Crippen LogP contribution in [0.5, 0.6) is 0 Å². The first-order chi connectivity index (χ1) is 7.44. The smallest absolute Gasteiger partial charge is 0.129 e. The highest BCUT2D eigenvalue weighted by atomic mass is 19.1. The van der Waals surface area contributed by atoms with Crippen molar-refractivity contribution in [3.8, 4) is 0 Å². The van der Waals surface area contributed by atoms with Crippen molar-refractivity contribution < 1.29 is 8.78 Å². The monoisotopic (exact) mass is 226 g/mol. The lowest BCUT2D eigenvalue weighted by atomic mass is 9.74. The van der Waals surface area contributed by atoms with Crippen molar-refractivity contribution in [2.75, 3.05) is 0 Å². The van der Waals surface area contributed by atoms with Gasteiger partial charge in [0.15, 0.2) is 0 Å². The molecule has 2 heteroatoms. The standard InChI is InChI=1S/C14H20F2/c1-5-7-14(4,6-2)12-8-11(15)9-13(16)10(12)3/h8-9H,5-7H2,1-4H3. The predicted octanol–water partition coefficient (Wildman–Crippen LogP) is 4.74. The number of hydrogen-bond acceptors (Lipinski definition) is 0. The van der Waals surface area contributed by atoms with Crippen LogP contribution in [0.15, 0.2) is 12.1 Å². The second-order valence-electron chi connectivity index (χ2n) is 4.72. The molecule has 90 valence electrons. The third-order valence-electron chi connectivity index (χ3n) is 3.54. The Bertz CT molecular complexity index is 371. The predicted molar refractivity (Wildman–Crippen MR) is 63.6 cm³/mol. The van der Waals surface area contributed by atoms with Gasteiger partial charge in [-0.3, -0.25) is 0 Å². The molecule has 1 aromatic carbocycles. The van der Waals surface area contributed by atoms with E-state index in [9.17, 15) is 8.78 Å². The molecular weight excluding hydrogens is 206 g/mol. The van der Waals surface area contributed by atoms with E-state index in [2.05, 4.69) is 20.8 Å². The van der Waals surface area contributed by atoms with Crippen molar-refractivity contribution in [3.63, 3.8) is 0 Å². The zero-order chi connectivity index (χ0) is 12.3. The summed E-state index contributed by atoms with van der Waals surface area (Å²) in [4.78, 5) is 0. The molecule has 0 aliphatic heterocycles. The molecule has 0 aliphatic rings. The largest absolute Gasteiger partial charge is 0.207 e.